The maximum Gasteiger partial charge on any atom is 0.573 e. The highest BCUT2D eigenvalue weighted by molar-refractivity contribution is 6.31. The van der Waals surface area contributed by atoms with Crippen molar-refractivity contribution >= 4 is 22.4 Å². The smallest absolute Gasteiger partial charge is 0.403 e. The molecule has 3 aromatic rings. The molecule has 0 N–H and O–H groups in total. The lowest BCUT2D eigenvalue weighted by Crippen LogP contribution is -2.38. The van der Waals surface area contributed by atoms with Gasteiger partial charge in [-0.2, -0.15) is 8.78 Å². The van der Waals surface area contributed by atoms with E-state index in [4.69, 9.17) is 25.8 Å². The number of fused-ring (bicyclic) bond motifs is 1. The molecule has 1 aliphatic heterocycles. The second-order valence-electron chi connectivity index (χ2n) is 8.31. The molecule has 1 fully saturated rings. The van der Waals surface area contributed by atoms with E-state index in [1.807, 2.05) is 6.92 Å². The Morgan fingerprint density at radius 2 is 1.65 bits per heavy atom. The van der Waals surface area contributed by atoms with Crippen LogP contribution in [0.5, 0.6) is 5.75 Å². The third-order valence-corrected chi connectivity index (χ3v) is 5.99. The van der Waals surface area contributed by atoms with E-state index in [1.165, 1.54) is 30.3 Å². The molecule has 0 saturated carbocycles. The molecule has 0 radical (unpaired) electrons. The van der Waals surface area contributed by atoms with E-state index in [0.29, 0.717) is 18.4 Å². The number of ether oxygens (including phenoxy) is 4. The summed E-state index contributed by atoms with van der Waals surface area (Å²) in [7, 11) is 0. The first kappa shape index (κ1) is 27.4. The Hall–Kier alpha value is -2.60. The number of alkyl halides is 5. The minimum atomic E-state index is -5.05. The number of benzene rings is 3. The van der Waals surface area contributed by atoms with E-state index in [9.17, 15) is 30.7 Å². The zero-order chi connectivity index (χ0) is 27.0. The number of rotatable bonds is 7. The largest absolute Gasteiger partial charge is 0.573 e. The van der Waals surface area contributed by atoms with Crippen molar-refractivity contribution in [1.29, 1.82) is 0 Å². The Labute approximate surface area is 211 Å². The highest BCUT2D eigenvalue weighted by Gasteiger charge is 2.41. The number of aryl methyl sites for hydroxylation is 1. The molecule has 37 heavy (non-hydrogen) atoms. The van der Waals surface area contributed by atoms with Gasteiger partial charge in [0.05, 0.1) is 23.8 Å². The highest BCUT2D eigenvalue weighted by Crippen LogP contribution is 2.39. The van der Waals surface area contributed by atoms with Crippen LogP contribution in [-0.4, -0.2) is 25.7 Å². The lowest BCUT2D eigenvalue weighted by atomic mass is 10.1. The minimum Gasteiger partial charge on any atom is -0.403 e. The van der Waals surface area contributed by atoms with Crippen molar-refractivity contribution in [3.05, 3.63) is 75.8 Å². The van der Waals surface area contributed by atoms with Crippen LogP contribution < -0.4 is 4.74 Å². The van der Waals surface area contributed by atoms with E-state index >= 15 is 0 Å². The quantitative estimate of drug-likeness (QED) is 0.280. The monoisotopic (exact) mass is 552 g/mol. The molecular formula is C25H20ClF7O4. The van der Waals surface area contributed by atoms with E-state index in [2.05, 4.69) is 4.74 Å². The average Bonchev–Trinajstić information content (AvgIpc) is 2.83. The number of hydrogen-bond acceptors (Lipinski definition) is 4. The van der Waals surface area contributed by atoms with Gasteiger partial charge < -0.3 is 18.9 Å². The average molecular weight is 553 g/mol. The van der Waals surface area contributed by atoms with Gasteiger partial charge in [-0.3, -0.25) is 0 Å². The van der Waals surface area contributed by atoms with Gasteiger partial charge in [-0.1, -0.05) is 49.2 Å². The van der Waals surface area contributed by atoms with Crippen molar-refractivity contribution in [2.24, 2.45) is 0 Å². The molecule has 0 spiro atoms. The van der Waals surface area contributed by atoms with Crippen LogP contribution in [0.1, 0.15) is 36.3 Å². The molecule has 0 aliphatic carbocycles. The van der Waals surface area contributed by atoms with E-state index in [-0.39, 0.29) is 29.5 Å². The zero-order valence-corrected chi connectivity index (χ0v) is 19.9. The second-order valence-corrected chi connectivity index (χ2v) is 8.69. The Balaban J connectivity index is 1.43. The standard InChI is InChI=1S/C25H20ClF7O4/c1-2-3-13-5-8-18(20(26)21(13)27)24(29,30)36-16-11-34-23(35-12-16)15-4-7-17-14(10-15)6-9-19(22(17)28)37-25(31,32)33/h4-10,16,23H,2-3,11-12H2,1H3. The Kier molecular flexibility index (Phi) is 7.89. The summed E-state index contributed by atoms with van der Waals surface area (Å²) in [5, 5.41) is -0.611. The predicted octanol–water partition coefficient (Wildman–Crippen LogP) is 7.80. The fourth-order valence-corrected chi connectivity index (χ4v) is 4.23. The molecule has 1 aliphatic rings. The van der Waals surface area contributed by atoms with Crippen molar-refractivity contribution < 1.29 is 49.7 Å². The van der Waals surface area contributed by atoms with E-state index < -0.39 is 52.8 Å². The summed E-state index contributed by atoms with van der Waals surface area (Å²) in [6, 6.07) is 8.34. The molecule has 0 bridgehead atoms. The van der Waals surface area contributed by atoms with Crippen LogP contribution in [0.2, 0.25) is 5.02 Å². The highest BCUT2D eigenvalue weighted by atomic mass is 35.5. The SMILES string of the molecule is CCCc1ccc(C(F)(F)OC2COC(c3ccc4c(F)c(OC(F)(F)F)ccc4c3)OC2)c(Cl)c1F. The van der Waals surface area contributed by atoms with Crippen LogP contribution in [0, 0.1) is 11.6 Å². The molecule has 12 heteroatoms. The first-order chi connectivity index (χ1) is 17.4. The predicted molar refractivity (Wildman–Crippen MR) is 119 cm³/mol. The lowest BCUT2D eigenvalue weighted by Gasteiger charge is -2.32. The van der Waals surface area contributed by atoms with Crippen LogP contribution >= 0.6 is 11.6 Å². The molecule has 0 unspecified atom stereocenters. The van der Waals surface area contributed by atoms with Crippen molar-refractivity contribution in [3.8, 4) is 5.75 Å². The van der Waals surface area contributed by atoms with Gasteiger partial charge in [0.2, 0.25) is 0 Å². The molecule has 0 amide bonds. The van der Waals surface area contributed by atoms with Gasteiger partial charge in [0, 0.05) is 10.9 Å². The number of hydrogen-bond donors (Lipinski definition) is 0. The molecule has 200 valence electrons. The van der Waals surface area contributed by atoms with Gasteiger partial charge in [0.25, 0.3) is 0 Å². The summed E-state index contributed by atoms with van der Waals surface area (Å²) < 4.78 is 115. The molecule has 1 heterocycles. The van der Waals surface area contributed by atoms with E-state index in [0.717, 1.165) is 12.1 Å². The van der Waals surface area contributed by atoms with Gasteiger partial charge in [-0.05, 0) is 35.6 Å². The molecule has 3 aromatic carbocycles. The van der Waals surface area contributed by atoms with Crippen LogP contribution in [0.3, 0.4) is 0 Å². The maximum atomic E-state index is 14.8. The number of halogens is 8. The van der Waals surface area contributed by atoms with Gasteiger partial charge in [-0.15, -0.1) is 13.2 Å². The Morgan fingerprint density at radius 3 is 2.30 bits per heavy atom. The summed E-state index contributed by atoms with van der Waals surface area (Å²) >= 11 is 5.85. The summed E-state index contributed by atoms with van der Waals surface area (Å²) in [4.78, 5) is 0. The van der Waals surface area contributed by atoms with Crippen molar-refractivity contribution in [2.75, 3.05) is 13.2 Å². The van der Waals surface area contributed by atoms with Gasteiger partial charge in [-0.25, -0.2) is 8.78 Å². The normalized spacial score (nSPS) is 18.8. The summed E-state index contributed by atoms with van der Waals surface area (Å²) in [5.41, 5.74) is -0.226. The molecular weight excluding hydrogens is 533 g/mol. The molecule has 0 aromatic heterocycles. The summed E-state index contributed by atoms with van der Waals surface area (Å²) in [6.45, 7) is 1.17. The van der Waals surface area contributed by atoms with Crippen LogP contribution in [0.4, 0.5) is 30.7 Å². The van der Waals surface area contributed by atoms with Gasteiger partial charge >= 0.3 is 12.5 Å². The van der Waals surface area contributed by atoms with Crippen LogP contribution in [-0.2, 0) is 26.7 Å². The van der Waals surface area contributed by atoms with Crippen molar-refractivity contribution in [1.82, 2.24) is 0 Å². The van der Waals surface area contributed by atoms with Gasteiger partial charge in [0.1, 0.15) is 11.9 Å². The minimum absolute atomic E-state index is 0.128. The summed E-state index contributed by atoms with van der Waals surface area (Å²) in [6.07, 6.45) is -10.3. The first-order valence-electron chi connectivity index (χ1n) is 11.1. The van der Waals surface area contributed by atoms with Crippen LogP contribution in [0.25, 0.3) is 10.8 Å². The lowest BCUT2D eigenvalue weighted by molar-refractivity contribution is -0.320. The first-order valence-corrected chi connectivity index (χ1v) is 11.5. The van der Waals surface area contributed by atoms with Gasteiger partial charge in [0.15, 0.2) is 17.9 Å². The van der Waals surface area contributed by atoms with Crippen molar-refractivity contribution in [2.45, 2.75) is 44.6 Å². The maximum absolute atomic E-state index is 14.8. The Bertz CT molecular complexity index is 1270. The molecule has 4 rings (SSSR count). The fourth-order valence-electron chi connectivity index (χ4n) is 3.94. The summed E-state index contributed by atoms with van der Waals surface area (Å²) in [5.74, 6) is -3.09. The molecule has 1 saturated heterocycles. The second kappa shape index (κ2) is 10.6. The molecule has 4 nitrogen and oxygen atoms in total. The third kappa shape index (κ3) is 6.11. The third-order valence-electron chi connectivity index (χ3n) is 5.62. The molecule has 0 atom stereocenters. The fraction of sp³-hybridized carbons (Fsp3) is 0.360. The topological polar surface area (TPSA) is 36.9 Å². The van der Waals surface area contributed by atoms with Crippen molar-refractivity contribution in [3.63, 3.8) is 0 Å². The Morgan fingerprint density at radius 1 is 0.946 bits per heavy atom. The van der Waals surface area contributed by atoms with E-state index in [1.54, 1.807) is 0 Å². The van der Waals surface area contributed by atoms with Crippen LogP contribution in [0.15, 0.2) is 42.5 Å². The zero-order valence-electron chi connectivity index (χ0n) is 19.2.